The molecule has 109 heavy (non-hydrogen) atoms. The maximum atomic E-state index is 13.2. The van der Waals surface area contributed by atoms with Crippen LogP contribution in [0.2, 0.25) is 0 Å². The van der Waals surface area contributed by atoms with Gasteiger partial charge in [0.2, 0.25) is 0 Å². The minimum atomic E-state index is -0.970. The van der Waals surface area contributed by atoms with Crippen molar-refractivity contribution in [3.05, 3.63) is 312 Å². The third-order valence-electron chi connectivity index (χ3n) is 18.5. The number of rotatable bonds is 17. The average Bonchev–Trinajstić information content (AvgIpc) is 1.73. The summed E-state index contributed by atoms with van der Waals surface area (Å²) >= 11 is 0. The first-order valence-electron chi connectivity index (χ1n) is 37.1. The second-order valence-corrected chi connectivity index (χ2v) is 31.1. The Morgan fingerprint density at radius 2 is 0.826 bits per heavy atom. The molecule has 1 N–H and O–H groups in total. The van der Waals surface area contributed by atoms with Gasteiger partial charge < -0.3 is 10.1 Å². The van der Waals surface area contributed by atoms with Gasteiger partial charge in [0, 0.05) is 77.1 Å². The summed E-state index contributed by atoms with van der Waals surface area (Å²) in [6.45, 7) is 33.5. The number of aryl methyl sites for hydroxylation is 3. The summed E-state index contributed by atoms with van der Waals surface area (Å²) < 4.78 is 29.8. The van der Waals surface area contributed by atoms with Gasteiger partial charge in [-0.25, -0.2) is 9.78 Å². The molecule has 14 heteroatoms. The van der Waals surface area contributed by atoms with Gasteiger partial charge in [0.05, 0.1) is 23.0 Å². The number of nitrogens with zero attached hydrogens (tertiary/aromatic N) is 8. The summed E-state index contributed by atoms with van der Waals surface area (Å²) in [5.41, 5.74) is 20.8. The largest absolute Gasteiger partial charge is 0.477 e. The predicted octanol–water partition coefficient (Wildman–Crippen LogP) is 24.2. The second kappa shape index (κ2) is 38.0. The van der Waals surface area contributed by atoms with E-state index in [1.165, 1.54) is 44.5 Å². The van der Waals surface area contributed by atoms with Crippen LogP contribution >= 0.6 is 0 Å². The third-order valence-corrected chi connectivity index (χ3v) is 18.5. The summed E-state index contributed by atoms with van der Waals surface area (Å²) in [4.78, 5) is 28.1. The van der Waals surface area contributed by atoms with Crippen LogP contribution in [0.4, 0.5) is 8.78 Å². The van der Waals surface area contributed by atoms with Crippen LogP contribution in [-0.4, -0.2) is 50.6 Å². The van der Waals surface area contributed by atoms with E-state index < -0.39 is 17.6 Å². The van der Waals surface area contributed by atoms with Gasteiger partial charge in [-0.1, -0.05) is 237 Å². The molecule has 0 aliphatic rings. The molecule has 566 valence electrons. The minimum absolute atomic E-state index is 0. The average molecular weight is 1810 g/mol. The minimum Gasteiger partial charge on any atom is -0.477 e. The van der Waals surface area contributed by atoms with E-state index in [-0.39, 0.29) is 73.1 Å². The van der Waals surface area contributed by atoms with E-state index in [1.54, 1.807) is 36.7 Å². The van der Waals surface area contributed by atoms with E-state index in [2.05, 4.69) is 278 Å². The number of carboxylic acids is 1. The van der Waals surface area contributed by atoms with Crippen LogP contribution < -0.4 is 0 Å². The zero-order valence-corrected chi connectivity index (χ0v) is 70.1. The Morgan fingerprint density at radius 1 is 0.431 bits per heavy atom. The molecule has 0 aliphatic heterocycles. The Labute approximate surface area is 671 Å². The van der Waals surface area contributed by atoms with Crippen molar-refractivity contribution in [1.29, 1.82) is 0 Å². The fourth-order valence-electron chi connectivity index (χ4n) is 12.2. The Morgan fingerprint density at radius 3 is 1.13 bits per heavy atom. The number of benzene rings is 9. The Kier molecular flexibility index (Phi) is 29.6. The van der Waals surface area contributed by atoms with Crippen molar-refractivity contribution in [1.82, 2.24) is 39.5 Å². The van der Waals surface area contributed by atoms with Crippen LogP contribution in [-0.2, 0) is 81.1 Å². The van der Waals surface area contributed by atoms with E-state index in [0.29, 0.717) is 5.69 Å². The summed E-state index contributed by atoms with van der Waals surface area (Å²) in [7, 11) is 0. The van der Waals surface area contributed by atoms with Crippen LogP contribution in [0.15, 0.2) is 237 Å². The summed E-state index contributed by atoms with van der Waals surface area (Å²) in [6, 6.07) is 85.0. The van der Waals surface area contributed by atoms with Crippen LogP contribution in [0.1, 0.15) is 179 Å². The van der Waals surface area contributed by atoms with Crippen LogP contribution in [0, 0.1) is 29.8 Å². The topological polar surface area (TPSA) is 124 Å². The van der Waals surface area contributed by atoms with Crippen molar-refractivity contribution in [3.8, 4) is 89.9 Å². The van der Waals surface area contributed by atoms with Gasteiger partial charge in [-0.05, 0) is 174 Å². The molecule has 0 atom stereocenters. The van der Waals surface area contributed by atoms with Gasteiger partial charge >= 0.3 is 5.97 Å². The molecule has 13 rings (SSSR count). The molecule has 10 nitrogen and oxygen atoms in total. The van der Waals surface area contributed by atoms with E-state index in [9.17, 15) is 13.6 Å². The van der Waals surface area contributed by atoms with Crippen molar-refractivity contribution >= 4 is 5.97 Å². The van der Waals surface area contributed by atoms with E-state index >= 15 is 0 Å². The van der Waals surface area contributed by atoms with Crippen molar-refractivity contribution in [2.24, 2.45) is 0 Å². The summed E-state index contributed by atoms with van der Waals surface area (Å²) in [5, 5.41) is 18.6. The molecule has 0 fully saturated rings. The number of carboxylic acid groups (broad SMARTS) is 1. The maximum absolute atomic E-state index is 13.2. The second-order valence-electron chi connectivity index (χ2n) is 31.1. The maximum Gasteiger partial charge on any atom is 0.354 e. The molecule has 0 saturated heterocycles. The third kappa shape index (κ3) is 22.9. The molecule has 4 heterocycles. The molecule has 2 radical (unpaired) electrons. The zero-order chi connectivity index (χ0) is 76.6. The first-order chi connectivity index (χ1) is 51.1. The van der Waals surface area contributed by atoms with Gasteiger partial charge in [0.1, 0.15) is 17.3 Å². The van der Waals surface area contributed by atoms with Crippen LogP contribution in [0.5, 0.6) is 0 Å². The molecule has 0 saturated carbocycles. The number of pyridine rings is 2. The molecular formula is C95H99F2Ir2N8O2-3. The number of aromatic carboxylic acids is 1. The fraction of sp³-hybridized carbons (Fsp3) is 0.274. The molecule has 0 spiro atoms. The van der Waals surface area contributed by atoms with E-state index in [0.717, 1.165) is 131 Å². The first kappa shape index (κ1) is 84.8. The number of halogens is 2. The number of carbonyl (C=O) groups is 1. The van der Waals surface area contributed by atoms with Gasteiger partial charge in [-0.2, -0.15) is 10.2 Å². The summed E-state index contributed by atoms with van der Waals surface area (Å²) in [6.07, 6.45) is 10.1. The predicted molar refractivity (Wildman–Crippen MR) is 434 cm³/mol. The molecule has 4 aromatic heterocycles. The Balaban J connectivity index is 0.000000202. The van der Waals surface area contributed by atoms with Crippen LogP contribution in [0.25, 0.3) is 89.9 Å². The van der Waals surface area contributed by atoms with Gasteiger partial charge in [-0.3, -0.25) is 28.1 Å². The molecule has 13 aromatic rings. The van der Waals surface area contributed by atoms with Gasteiger partial charge in [-0.15, -0.1) is 83.9 Å². The molecule has 9 aromatic carbocycles. The van der Waals surface area contributed by atoms with Crippen molar-refractivity contribution in [2.45, 2.75) is 170 Å². The molecule has 0 unspecified atom stereocenters. The Hall–Kier alpha value is -9.81. The zero-order valence-electron chi connectivity index (χ0n) is 65.3. The SMILES string of the molecule is CCCCc1ccc(C(=O)O)nc1.CCCc1nc(-c2[c-]cccc2)n(-c2cc(-c3ccc(C(C)(C)C)cc3)cc(-c3ccc(C(C)(C)C)cc3)c2)n1.CCCc1nc(-c2[c-]cccc2)n(-c2cc(-c3ccc(C(C)(C)C)cc3)cc(-c3ccc(C(C)(C)C)cc3)c2)n1.Fc1c[c-]c(-c2ccccn2)c(F)c1.[Ir].[Ir]. The quantitative estimate of drug-likeness (QED) is 0.0894. The van der Waals surface area contributed by atoms with Crippen molar-refractivity contribution < 1.29 is 58.9 Å². The number of hydrogen-bond acceptors (Lipinski definition) is 7. The standard InChI is InChI=1S/2C37H40N3.C11H6F2N.C10H13NO2.2Ir/c2*1-8-12-34-38-35(28-13-10-9-11-14-28)40(39-34)33-24-29(26-15-19-31(20-16-26)36(2,3)4)23-30(25-33)27-17-21-32(22-18-27)37(5,6)7;12-8-4-5-9(10(13)7-8)11-3-1-2-6-14-11;1-2-3-4-8-5-6-9(10(12)13)11-7-8;;/h2*9-11,13,15-25H,8,12H2,1-7H3;1-4,6-7H;5-7H,2-4H2,1H3,(H,12,13);;/q3*-1;;;. The Bertz CT molecular complexity index is 4640. The smallest absolute Gasteiger partial charge is 0.354 e. The molecular weight excluding hydrogens is 1710 g/mol. The summed E-state index contributed by atoms with van der Waals surface area (Å²) in [5.74, 6) is 1.08. The molecule has 0 aliphatic carbocycles. The number of aromatic nitrogens is 8. The molecule has 0 amide bonds. The normalized spacial score (nSPS) is 11.3. The number of unbranched alkanes of at least 4 members (excludes halogenated alkanes) is 1. The van der Waals surface area contributed by atoms with Crippen LogP contribution in [0.3, 0.4) is 0 Å². The molecule has 0 bridgehead atoms. The van der Waals surface area contributed by atoms with Crippen molar-refractivity contribution in [2.75, 3.05) is 0 Å². The van der Waals surface area contributed by atoms with Gasteiger partial charge in [0.15, 0.2) is 0 Å². The van der Waals surface area contributed by atoms with Crippen molar-refractivity contribution in [3.63, 3.8) is 0 Å². The fourth-order valence-corrected chi connectivity index (χ4v) is 12.2. The van der Waals surface area contributed by atoms with Gasteiger partial charge in [0.25, 0.3) is 0 Å². The first-order valence-corrected chi connectivity index (χ1v) is 37.1. The number of hydrogen-bond donors (Lipinski definition) is 1. The monoisotopic (exact) mass is 1810 g/mol. The van der Waals surface area contributed by atoms with E-state index in [4.69, 9.17) is 25.3 Å². The van der Waals surface area contributed by atoms with E-state index in [1.807, 2.05) is 51.8 Å².